The van der Waals surface area contributed by atoms with Crippen LogP contribution >= 0.6 is 0 Å². The Balaban J connectivity index is 1.51. The number of carbonyl (C=O) groups excluding carboxylic acids is 1. The molecular formula is C14H16N4O3. The molecule has 7 nitrogen and oxygen atoms in total. The lowest BCUT2D eigenvalue weighted by molar-refractivity contribution is -0.118. The summed E-state index contributed by atoms with van der Waals surface area (Å²) in [6.07, 6.45) is 0.710. The largest absolute Gasteiger partial charge is 0.482 e. The lowest BCUT2D eigenvalue weighted by atomic mass is 10.1. The number of nitrogens with zero attached hydrogens (tertiary/aromatic N) is 2. The van der Waals surface area contributed by atoms with Crippen LogP contribution in [-0.4, -0.2) is 29.2 Å². The van der Waals surface area contributed by atoms with E-state index in [0.717, 1.165) is 17.8 Å². The Kier molecular flexibility index (Phi) is 3.83. The predicted octanol–water partition coefficient (Wildman–Crippen LogP) is 1.04. The standard InChI is InChI=1S/C14H16N4O3/c1-9-16-13(18-21-9)4-5-15-7-10-2-3-12-11(6-10)17-14(19)8-20-12/h2-3,6,15H,4-5,7-8H2,1H3,(H,17,19). The fraction of sp³-hybridized carbons (Fsp3) is 0.357. The summed E-state index contributed by atoms with van der Waals surface area (Å²) >= 11 is 0. The number of aryl methyl sites for hydroxylation is 1. The van der Waals surface area contributed by atoms with Crippen molar-refractivity contribution in [3.63, 3.8) is 0 Å². The van der Waals surface area contributed by atoms with Gasteiger partial charge in [-0.1, -0.05) is 11.2 Å². The van der Waals surface area contributed by atoms with Crippen LogP contribution in [0.5, 0.6) is 5.75 Å². The summed E-state index contributed by atoms with van der Waals surface area (Å²) in [4.78, 5) is 15.4. The van der Waals surface area contributed by atoms with Crippen LogP contribution in [0.4, 0.5) is 5.69 Å². The lowest BCUT2D eigenvalue weighted by Gasteiger charge is -2.18. The van der Waals surface area contributed by atoms with Gasteiger partial charge in [0.05, 0.1) is 5.69 Å². The van der Waals surface area contributed by atoms with E-state index in [0.29, 0.717) is 30.4 Å². The van der Waals surface area contributed by atoms with Gasteiger partial charge in [-0.2, -0.15) is 4.98 Å². The number of hydrogen-bond donors (Lipinski definition) is 2. The van der Waals surface area contributed by atoms with Crippen LogP contribution < -0.4 is 15.4 Å². The van der Waals surface area contributed by atoms with E-state index in [1.165, 1.54) is 0 Å². The van der Waals surface area contributed by atoms with Crippen molar-refractivity contribution >= 4 is 11.6 Å². The summed E-state index contributed by atoms with van der Waals surface area (Å²) in [7, 11) is 0. The van der Waals surface area contributed by atoms with Crippen molar-refractivity contribution in [3.05, 3.63) is 35.5 Å². The second kappa shape index (κ2) is 5.92. The quantitative estimate of drug-likeness (QED) is 0.799. The summed E-state index contributed by atoms with van der Waals surface area (Å²) in [5.74, 6) is 1.86. The summed E-state index contributed by atoms with van der Waals surface area (Å²) in [5, 5.41) is 9.93. The smallest absolute Gasteiger partial charge is 0.262 e. The van der Waals surface area contributed by atoms with Gasteiger partial charge in [0.2, 0.25) is 5.89 Å². The highest BCUT2D eigenvalue weighted by Gasteiger charge is 2.15. The van der Waals surface area contributed by atoms with E-state index in [2.05, 4.69) is 20.8 Å². The predicted molar refractivity (Wildman–Crippen MR) is 75.0 cm³/mol. The Morgan fingerprint density at radius 2 is 2.33 bits per heavy atom. The number of carbonyl (C=O) groups is 1. The fourth-order valence-corrected chi connectivity index (χ4v) is 2.12. The first-order valence-electron chi connectivity index (χ1n) is 6.76. The highest BCUT2D eigenvalue weighted by atomic mass is 16.5. The normalized spacial score (nSPS) is 13.5. The molecule has 0 spiro atoms. The van der Waals surface area contributed by atoms with Gasteiger partial charge < -0.3 is 19.9 Å². The second-order valence-electron chi connectivity index (χ2n) is 4.82. The molecule has 0 saturated heterocycles. The molecule has 2 aromatic rings. The zero-order valence-electron chi connectivity index (χ0n) is 11.7. The van der Waals surface area contributed by atoms with E-state index < -0.39 is 0 Å². The van der Waals surface area contributed by atoms with E-state index in [9.17, 15) is 4.79 Å². The Hall–Kier alpha value is -2.41. The van der Waals surface area contributed by atoms with Crippen LogP contribution in [-0.2, 0) is 17.8 Å². The lowest BCUT2D eigenvalue weighted by Crippen LogP contribution is -2.25. The highest BCUT2D eigenvalue weighted by molar-refractivity contribution is 5.95. The number of rotatable bonds is 5. The number of ether oxygens (including phenoxy) is 1. The second-order valence-corrected chi connectivity index (χ2v) is 4.82. The van der Waals surface area contributed by atoms with Gasteiger partial charge in [0.15, 0.2) is 12.4 Å². The maximum Gasteiger partial charge on any atom is 0.262 e. The number of hydrogen-bond acceptors (Lipinski definition) is 6. The molecule has 7 heteroatoms. The van der Waals surface area contributed by atoms with Gasteiger partial charge in [-0.25, -0.2) is 0 Å². The van der Waals surface area contributed by atoms with Gasteiger partial charge in [0.25, 0.3) is 5.91 Å². The fourth-order valence-electron chi connectivity index (χ4n) is 2.12. The summed E-state index contributed by atoms with van der Waals surface area (Å²) in [6, 6.07) is 5.76. The first-order valence-corrected chi connectivity index (χ1v) is 6.76. The Bertz CT molecular complexity index is 653. The third-order valence-electron chi connectivity index (χ3n) is 3.10. The first kappa shape index (κ1) is 13.6. The third-order valence-corrected chi connectivity index (χ3v) is 3.10. The summed E-state index contributed by atoms with van der Waals surface area (Å²) in [6.45, 7) is 3.29. The van der Waals surface area contributed by atoms with E-state index in [-0.39, 0.29) is 12.5 Å². The molecule has 110 valence electrons. The molecule has 2 N–H and O–H groups in total. The molecule has 21 heavy (non-hydrogen) atoms. The number of anilines is 1. The van der Waals surface area contributed by atoms with Crippen molar-refractivity contribution < 1.29 is 14.1 Å². The topological polar surface area (TPSA) is 89.3 Å². The van der Waals surface area contributed by atoms with Crippen molar-refractivity contribution in [2.45, 2.75) is 19.9 Å². The number of amides is 1. The molecule has 0 atom stereocenters. The zero-order valence-corrected chi connectivity index (χ0v) is 11.7. The minimum atomic E-state index is -0.125. The van der Waals surface area contributed by atoms with Crippen molar-refractivity contribution in [1.82, 2.24) is 15.5 Å². The Morgan fingerprint density at radius 1 is 1.43 bits per heavy atom. The van der Waals surface area contributed by atoms with Crippen LogP contribution in [0.1, 0.15) is 17.3 Å². The van der Waals surface area contributed by atoms with Gasteiger partial charge in [-0.3, -0.25) is 4.79 Å². The number of nitrogens with one attached hydrogen (secondary N) is 2. The molecule has 1 aliphatic heterocycles. The average molecular weight is 288 g/mol. The van der Waals surface area contributed by atoms with Gasteiger partial charge in [0, 0.05) is 26.4 Å². The van der Waals surface area contributed by atoms with Crippen molar-refractivity contribution in [2.24, 2.45) is 0 Å². The molecule has 0 bridgehead atoms. The van der Waals surface area contributed by atoms with E-state index in [1.807, 2.05) is 18.2 Å². The molecule has 2 heterocycles. The molecular weight excluding hydrogens is 272 g/mol. The van der Waals surface area contributed by atoms with Crippen LogP contribution in [0.2, 0.25) is 0 Å². The van der Waals surface area contributed by atoms with Gasteiger partial charge >= 0.3 is 0 Å². The Morgan fingerprint density at radius 3 is 3.14 bits per heavy atom. The summed E-state index contributed by atoms with van der Waals surface area (Å²) in [5.41, 5.74) is 1.79. The van der Waals surface area contributed by atoms with Crippen molar-refractivity contribution in [1.29, 1.82) is 0 Å². The van der Waals surface area contributed by atoms with Crippen LogP contribution in [0, 0.1) is 6.92 Å². The van der Waals surface area contributed by atoms with E-state index in [1.54, 1.807) is 6.92 Å². The van der Waals surface area contributed by atoms with E-state index in [4.69, 9.17) is 9.26 Å². The van der Waals surface area contributed by atoms with Crippen LogP contribution in [0.15, 0.2) is 22.7 Å². The molecule has 0 saturated carbocycles. The minimum absolute atomic E-state index is 0.0781. The van der Waals surface area contributed by atoms with Gasteiger partial charge in [-0.05, 0) is 17.7 Å². The van der Waals surface area contributed by atoms with Gasteiger partial charge in [-0.15, -0.1) is 0 Å². The van der Waals surface area contributed by atoms with Gasteiger partial charge in [0.1, 0.15) is 5.75 Å². The van der Waals surface area contributed by atoms with Crippen molar-refractivity contribution in [2.75, 3.05) is 18.5 Å². The number of aromatic nitrogens is 2. The molecule has 1 aromatic carbocycles. The highest BCUT2D eigenvalue weighted by Crippen LogP contribution is 2.28. The number of benzene rings is 1. The average Bonchev–Trinajstić information content (AvgIpc) is 2.89. The molecule has 3 rings (SSSR count). The zero-order chi connectivity index (χ0) is 14.7. The van der Waals surface area contributed by atoms with Crippen LogP contribution in [0.3, 0.4) is 0 Å². The molecule has 0 radical (unpaired) electrons. The molecule has 1 amide bonds. The molecule has 0 fully saturated rings. The monoisotopic (exact) mass is 288 g/mol. The Labute approximate surface area is 121 Å². The van der Waals surface area contributed by atoms with Crippen molar-refractivity contribution in [3.8, 4) is 5.75 Å². The van der Waals surface area contributed by atoms with E-state index >= 15 is 0 Å². The molecule has 0 unspecified atom stereocenters. The van der Waals surface area contributed by atoms with Crippen LogP contribution in [0.25, 0.3) is 0 Å². The molecule has 1 aromatic heterocycles. The molecule has 1 aliphatic rings. The maximum absolute atomic E-state index is 11.3. The first-order chi connectivity index (χ1) is 10.2. The SMILES string of the molecule is Cc1nc(CCNCc2ccc3c(c2)NC(=O)CO3)no1. The number of fused-ring (bicyclic) bond motifs is 1. The maximum atomic E-state index is 11.3. The summed E-state index contributed by atoms with van der Waals surface area (Å²) < 4.78 is 10.2. The third kappa shape index (κ3) is 3.38. The molecule has 0 aliphatic carbocycles. The minimum Gasteiger partial charge on any atom is -0.482 e.